The van der Waals surface area contributed by atoms with E-state index in [2.05, 4.69) is 149 Å². The van der Waals surface area contributed by atoms with Crippen molar-refractivity contribution in [2.45, 2.75) is 50.1 Å². The number of hydrogen-bond acceptors (Lipinski definition) is 1. The van der Waals surface area contributed by atoms with Crippen LogP contribution in [0.25, 0.3) is 17.0 Å². The van der Waals surface area contributed by atoms with Gasteiger partial charge in [0.05, 0.1) is 12.1 Å². The molecule has 2 heterocycles. The second kappa shape index (κ2) is 10.6. The van der Waals surface area contributed by atoms with E-state index in [-0.39, 0.29) is 6.04 Å². The number of aromatic nitrogens is 1. The third-order valence-electron chi connectivity index (χ3n) is 10.7. The molecule has 3 aromatic carbocycles. The molecule has 4 aliphatic carbocycles. The molecular formula is C42H38N2. The van der Waals surface area contributed by atoms with E-state index in [1.165, 1.54) is 63.9 Å². The summed E-state index contributed by atoms with van der Waals surface area (Å²) in [5.74, 6) is 1.29. The fraction of sp³-hybridized carbons (Fsp3) is 0.238. The number of rotatable bonds is 4. The van der Waals surface area contributed by atoms with Crippen LogP contribution in [0.1, 0.15) is 54.5 Å². The highest BCUT2D eigenvalue weighted by molar-refractivity contribution is 5.92. The lowest BCUT2D eigenvalue weighted by Crippen LogP contribution is -2.30. The van der Waals surface area contributed by atoms with Crippen LogP contribution in [-0.2, 0) is 6.42 Å². The number of fused-ring (bicyclic) bond motifs is 6. The van der Waals surface area contributed by atoms with Crippen molar-refractivity contribution in [3.8, 4) is 0 Å². The molecule has 0 bridgehead atoms. The van der Waals surface area contributed by atoms with Crippen molar-refractivity contribution in [3.05, 3.63) is 162 Å². The Morgan fingerprint density at radius 1 is 0.727 bits per heavy atom. The summed E-state index contributed by atoms with van der Waals surface area (Å²) in [6.07, 6.45) is 30.1. The average Bonchev–Trinajstić information content (AvgIpc) is 3.61. The molecule has 0 amide bonds. The van der Waals surface area contributed by atoms with Gasteiger partial charge in [-0.2, -0.15) is 0 Å². The van der Waals surface area contributed by atoms with Crippen LogP contribution in [0, 0.1) is 11.8 Å². The fourth-order valence-corrected chi connectivity index (χ4v) is 8.63. The second-order valence-corrected chi connectivity index (χ2v) is 13.1. The first-order chi connectivity index (χ1) is 21.8. The summed E-state index contributed by atoms with van der Waals surface area (Å²) in [7, 11) is 0. The lowest BCUT2D eigenvalue weighted by atomic mass is 9.81. The lowest BCUT2D eigenvalue weighted by molar-refractivity contribution is 0.482. The Kier molecular flexibility index (Phi) is 6.21. The van der Waals surface area contributed by atoms with E-state index in [1.807, 2.05) is 0 Å². The van der Waals surface area contributed by atoms with Gasteiger partial charge in [-0.1, -0.05) is 121 Å². The molecule has 216 valence electrons. The van der Waals surface area contributed by atoms with Crippen LogP contribution in [0.3, 0.4) is 0 Å². The maximum atomic E-state index is 2.72. The molecule has 1 aliphatic heterocycles. The minimum Gasteiger partial charge on any atom is -0.337 e. The van der Waals surface area contributed by atoms with Gasteiger partial charge in [-0.3, -0.25) is 0 Å². The van der Waals surface area contributed by atoms with E-state index in [1.54, 1.807) is 5.57 Å². The van der Waals surface area contributed by atoms with E-state index in [9.17, 15) is 0 Å². The maximum Gasteiger partial charge on any atom is 0.0632 e. The van der Waals surface area contributed by atoms with Crippen LogP contribution < -0.4 is 4.90 Å². The summed E-state index contributed by atoms with van der Waals surface area (Å²) < 4.78 is 2.72. The predicted molar refractivity (Wildman–Crippen MR) is 184 cm³/mol. The molecule has 5 atom stereocenters. The van der Waals surface area contributed by atoms with Crippen molar-refractivity contribution < 1.29 is 0 Å². The maximum absolute atomic E-state index is 2.72. The van der Waals surface area contributed by atoms with Gasteiger partial charge in [0.15, 0.2) is 0 Å². The van der Waals surface area contributed by atoms with Crippen molar-refractivity contribution in [3.63, 3.8) is 0 Å². The van der Waals surface area contributed by atoms with Gasteiger partial charge in [-0.25, -0.2) is 0 Å². The predicted octanol–water partition coefficient (Wildman–Crippen LogP) is 10.4. The zero-order valence-corrected chi connectivity index (χ0v) is 25.1. The summed E-state index contributed by atoms with van der Waals surface area (Å²) in [5, 5.41) is 1.40. The molecule has 2 nitrogen and oxygen atoms in total. The Balaban J connectivity index is 1.09. The third kappa shape index (κ3) is 4.15. The van der Waals surface area contributed by atoms with E-state index < -0.39 is 0 Å². The zero-order chi connectivity index (χ0) is 29.0. The molecule has 0 N–H and O–H groups in total. The Hall–Kier alpha value is -4.56. The number of allylic oxidation sites excluding steroid dienone is 9. The van der Waals surface area contributed by atoms with E-state index in [0.29, 0.717) is 23.8 Å². The van der Waals surface area contributed by atoms with Gasteiger partial charge in [0.25, 0.3) is 0 Å². The van der Waals surface area contributed by atoms with E-state index in [4.69, 9.17) is 0 Å². The van der Waals surface area contributed by atoms with E-state index in [0.717, 1.165) is 12.8 Å². The Morgan fingerprint density at radius 3 is 2.50 bits per heavy atom. The molecule has 1 aromatic heterocycles. The highest BCUT2D eigenvalue weighted by Gasteiger charge is 2.39. The van der Waals surface area contributed by atoms with Crippen LogP contribution >= 0.6 is 0 Å². The molecule has 44 heavy (non-hydrogen) atoms. The lowest BCUT2D eigenvalue weighted by Gasteiger charge is -2.32. The summed E-state index contributed by atoms with van der Waals surface area (Å²) in [4.78, 5) is 2.56. The Labute approximate surface area is 260 Å². The van der Waals surface area contributed by atoms with Crippen LogP contribution in [0.5, 0.6) is 0 Å². The van der Waals surface area contributed by atoms with Crippen molar-refractivity contribution in [2.24, 2.45) is 11.8 Å². The monoisotopic (exact) mass is 570 g/mol. The van der Waals surface area contributed by atoms with Crippen molar-refractivity contribution in [1.29, 1.82) is 0 Å². The topological polar surface area (TPSA) is 8.17 Å². The summed E-state index contributed by atoms with van der Waals surface area (Å²) >= 11 is 0. The summed E-state index contributed by atoms with van der Waals surface area (Å²) in [6.45, 7) is 0. The van der Waals surface area contributed by atoms with Crippen LogP contribution in [0.15, 0.2) is 145 Å². The normalized spacial score (nSPS) is 26.7. The second-order valence-electron chi connectivity index (χ2n) is 13.1. The van der Waals surface area contributed by atoms with Crippen molar-refractivity contribution in [1.82, 2.24) is 4.57 Å². The van der Waals surface area contributed by atoms with Crippen LogP contribution in [0.4, 0.5) is 11.4 Å². The first-order valence-corrected chi connectivity index (χ1v) is 16.5. The highest BCUT2D eigenvalue weighted by atomic mass is 15.2. The third-order valence-corrected chi connectivity index (χ3v) is 10.7. The average molecular weight is 571 g/mol. The first kappa shape index (κ1) is 25.9. The Bertz CT molecular complexity index is 1930. The zero-order valence-electron chi connectivity index (χ0n) is 25.1. The minimum absolute atomic E-state index is 0.289. The minimum atomic E-state index is 0.289. The standard InChI is InChI=1S/C42H38N2/c1-3-12-29(13-4-1)30-14-11-17-34(26-30)44-40-21-10-8-19-36(40)38-25-23-32(28-42(38)44)31-22-24-37-35-18-7-9-20-39(35)43(41(37)27-31)33-15-5-2-6-16-33/h1-10,12,15-16,18-27,29,32,34,37,41H,11,13-14,17,28H2. The largest absolute Gasteiger partial charge is 0.337 e. The SMILES string of the molecule is C1=CCC(C2=CC(n3c4c(c5ccccc53)C=CC(C3=CC5C(C=C3)c3ccccc3N5c3ccccc3)C4)CCC2)C=C1. The molecule has 2 heteroatoms. The molecule has 0 fully saturated rings. The van der Waals surface area contributed by atoms with Gasteiger partial charge in [-0.15, -0.1) is 0 Å². The van der Waals surface area contributed by atoms with Gasteiger partial charge in [0.1, 0.15) is 0 Å². The molecule has 9 rings (SSSR count). The van der Waals surface area contributed by atoms with Gasteiger partial charge in [-0.05, 0) is 67.5 Å². The molecule has 4 aromatic rings. The van der Waals surface area contributed by atoms with Gasteiger partial charge in [0, 0.05) is 51.3 Å². The van der Waals surface area contributed by atoms with Crippen molar-refractivity contribution in [2.75, 3.05) is 4.90 Å². The smallest absolute Gasteiger partial charge is 0.0632 e. The molecular weight excluding hydrogens is 532 g/mol. The van der Waals surface area contributed by atoms with Gasteiger partial charge < -0.3 is 9.47 Å². The van der Waals surface area contributed by atoms with Crippen LogP contribution in [0.2, 0.25) is 0 Å². The summed E-state index contributed by atoms with van der Waals surface area (Å²) in [6, 6.07) is 29.7. The highest BCUT2D eigenvalue weighted by Crippen LogP contribution is 2.49. The molecule has 0 saturated heterocycles. The fourth-order valence-electron chi connectivity index (χ4n) is 8.63. The van der Waals surface area contributed by atoms with Gasteiger partial charge >= 0.3 is 0 Å². The van der Waals surface area contributed by atoms with Crippen LogP contribution in [-0.4, -0.2) is 10.6 Å². The molecule has 5 unspecified atom stereocenters. The van der Waals surface area contributed by atoms with Crippen molar-refractivity contribution >= 4 is 28.4 Å². The molecule has 0 radical (unpaired) electrons. The Morgan fingerprint density at radius 2 is 1.59 bits per heavy atom. The van der Waals surface area contributed by atoms with Gasteiger partial charge in [0.2, 0.25) is 0 Å². The quantitative estimate of drug-likeness (QED) is 0.222. The number of benzene rings is 3. The first-order valence-electron chi connectivity index (χ1n) is 16.5. The molecule has 0 saturated carbocycles. The number of para-hydroxylation sites is 3. The van der Waals surface area contributed by atoms with E-state index >= 15 is 0 Å². The molecule has 0 spiro atoms. The number of nitrogens with zero attached hydrogens (tertiary/aromatic N) is 2. The molecule has 5 aliphatic rings. The summed E-state index contributed by atoms with van der Waals surface area (Å²) in [5.41, 5.74) is 11.4. The number of hydrogen-bond donors (Lipinski definition) is 0. The number of anilines is 2.